The first-order valence-corrected chi connectivity index (χ1v) is 5.69. The van der Waals surface area contributed by atoms with Crippen molar-refractivity contribution in [2.45, 2.75) is 39.3 Å². The van der Waals surface area contributed by atoms with Gasteiger partial charge in [0.25, 0.3) is 0 Å². The maximum absolute atomic E-state index is 11.7. The minimum atomic E-state index is -0.535. The first kappa shape index (κ1) is 15.6. The largest absolute Gasteiger partial charge is 0.350 e. The van der Waals surface area contributed by atoms with Gasteiger partial charge in [-0.05, 0) is 27.7 Å². The standard InChI is InChI=1S/C12H23N3O2/c1-6-7-13-8-10(16)14-9(2)11(17)15-12(3,4)5/h6,9,13H,1,7-8H2,2-5H3,(H,14,16)(H,15,17). The van der Waals surface area contributed by atoms with Crippen LogP contribution < -0.4 is 16.0 Å². The lowest BCUT2D eigenvalue weighted by Crippen LogP contribution is -2.52. The van der Waals surface area contributed by atoms with Gasteiger partial charge in [0.1, 0.15) is 6.04 Å². The van der Waals surface area contributed by atoms with E-state index >= 15 is 0 Å². The second-order valence-corrected chi connectivity index (χ2v) is 4.95. The molecule has 0 aromatic rings. The maximum atomic E-state index is 11.7. The Morgan fingerprint density at radius 3 is 2.41 bits per heavy atom. The van der Waals surface area contributed by atoms with E-state index in [0.717, 1.165) is 0 Å². The molecule has 2 amide bonds. The lowest BCUT2D eigenvalue weighted by molar-refractivity contribution is -0.129. The van der Waals surface area contributed by atoms with E-state index < -0.39 is 6.04 Å². The molecule has 0 aromatic heterocycles. The van der Waals surface area contributed by atoms with Crippen LogP contribution in [0, 0.1) is 0 Å². The van der Waals surface area contributed by atoms with Gasteiger partial charge in [0.15, 0.2) is 0 Å². The fraction of sp³-hybridized carbons (Fsp3) is 0.667. The molecule has 17 heavy (non-hydrogen) atoms. The SMILES string of the molecule is C=CCNCC(=O)NC(C)C(=O)NC(C)(C)C. The average molecular weight is 241 g/mol. The van der Waals surface area contributed by atoms with Crippen LogP contribution in [0.4, 0.5) is 0 Å². The summed E-state index contributed by atoms with van der Waals surface area (Å²) in [4.78, 5) is 23.1. The second kappa shape index (κ2) is 7.06. The number of hydrogen-bond donors (Lipinski definition) is 3. The molecule has 0 heterocycles. The minimum Gasteiger partial charge on any atom is -0.350 e. The highest BCUT2D eigenvalue weighted by atomic mass is 16.2. The molecular formula is C12H23N3O2. The molecular weight excluding hydrogens is 218 g/mol. The summed E-state index contributed by atoms with van der Waals surface area (Å²) in [5.74, 6) is -0.391. The zero-order valence-electron chi connectivity index (χ0n) is 11.1. The quantitative estimate of drug-likeness (QED) is 0.459. The Morgan fingerprint density at radius 2 is 1.94 bits per heavy atom. The summed E-state index contributed by atoms with van der Waals surface area (Å²) < 4.78 is 0. The Morgan fingerprint density at radius 1 is 1.35 bits per heavy atom. The molecule has 0 bridgehead atoms. The molecule has 0 aliphatic heterocycles. The predicted octanol–water partition coefficient (Wildman–Crippen LogP) is 0.181. The van der Waals surface area contributed by atoms with Crippen molar-refractivity contribution in [2.75, 3.05) is 13.1 Å². The van der Waals surface area contributed by atoms with E-state index in [1.807, 2.05) is 20.8 Å². The summed E-state index contributed by atoms with van der Waals surface area (Å²) in [6.45, 7) is 11.6. The second-order valence-electron chi connectivity index (χ2n) is 4.95. The third kappa shape index (κ3) is 8.45. The van der Waals surface area contributed by atoms with Gasteiger partial charge in [0, 0.05) is 12.1 Å². The topological polar surface area (TPSA) is 70.2 Å². The Kier molecular flexibility index (Phi) is 6.50. The van der Waals surface area contributed by atoms with Crippen molar-refractivity contribution < 1.29 is 9.59 Å². The molecule has 3 N–H and O–H groups in total. The summed E-state index contributed by atoms with van der Waals surface area (Å²) in [7, 11) is 0. The van der Waals surface area contributed by atoms with Gasteiger partial charge in [0.2, 0.25) is 11.8 Å². The van der Waals surface area contributed by atoms with Gasteiger partial charge in [0.05, 0.1) is 6.54 Å². The fourth-order valence-corrected chi connectivity index (χ4v) is 1.12. The van der Waals surface area contributed by atoms with E-state index in [1.54, 1.807) is 13.0 Å². The molecule has 0 spiro atoms. The Labute approximate surface area is 103 Å². The molecule has 98 valence electrons. The summed E-state index contributed by atoms with van der Waals surface area (Å²) in [6.07, 6.45) is 1.67. The van der Waals surface area contributed by atoms with Crippen LogP contribution >= 0.6 is 0 Å². The van der Waals surface area contributed by atoms with Crippen molar-refractivity contribution in [3.8, 4) is 0 Å². The van der Waals surface area contributed by atoms with Crippen LogP contribution in [0.5, 0.6) is 0 Å². The zero-order chi connectivity index (χ0) is 13.5. The number of rotatable bonds is 6. The van der Waals surface area contributed by atoms with Crippen LogP contribution in [0.2, 0.25) is 0 Å². The minimum absolute atomic E-state index is 0.180. The number of carbonyl (C=O) groups excluding carboxylic acids is 2. The van der Waals surface area contributed by atoms with E-state index in [9.17, 15) is 9.59 Å². The number of nitrogens with one attached hydrogen (secondary N) is 3. The maximum Gasteiger partial charge on any atom is 0.242 e. The van der Waals surface area contributed by atoms with E-state index in [0.29, 0.717) is 6.54 Å². The monoisotopic (exact) mass is 241 g/mol. The van der Waals surface area contributed by atoms with Crippen LogP contribution in [0.1, 0.15) is 27.7 Å². The highest BCUT2D eigenvalue weighted by Crippen LogP contribution is 1.99. The Bertz CT molecular complexity index is 282. The van der Waals surface area contributed by atoms with E-state index in [2.05, 4.69) is 22.5 Å². The average Bonchev–Trinajstić information content (AvgIpc) is 2.15. The molecule has 0 saturated carbocycles. The molecule has 5 heteroatoms. The summed E-state index contributed by atoms with van der Waals surface area (Å²) in [5, 5.41) is 8.28. The van der Waals surface area contributed by atoms with Crippen molar-refractivity contribution >= 4 is 11.8 Å². The third-order valence-corrected chi connectivity index (χ3v) is 1.84. The molecule has 0 aromatic carbocycles. The molecule has 0 aliphatic rings. The normalized spacial score (nSPS) is 12.7. The first-order valence-electron chi connectivity index (χ1n) is 5.69. The van der Waals surface area contributed by atoms with Crippen molar-refractivity contribution in [1.82, 2.24) is 16.0 Å². The van der Waals surface area contributed by atoms with Gasteiger partial charge in [-0.25, -0.2) is 0 Å². The van der Waals surface area contributed by atoms with Gasteiger partial charge in [-0.3, -0.25) is 9.59 Å². The lowest BCUT2D eigenvalue weighted by atomic mass is 10.1. The van der Waals surface area contributed by atoms with Crippen LogP contribution in [0.25, 0.3) is 0 Å². The van der Waals surface area contributed by atoms with Crippen LogP contribution in [-0.4, -0.2) is 36.5 Å². The highest BCUT2D eigenvalue weighted by molar-refractivity contribution is 5.88. The summed E-state index contributed by atoms with van der Waals surface area (Å²) in [6, 6.07) is -0.535. The van der Waals surface area contributed by atoms with Crippen LogP contribution in [-0.2, 0) is 9.59 Å². The Balaban J connectivity index is 3.99. The number of carbonyl (C=O) groups is 2. The lowest BCUT2D eigenvalue weighted by Gasteiger charge is -2.23. The molecule has 0 radical (unpaired) electrons. The first-order chi connectivity index (χ1) is 7.76. The van der Waals surface area contributed by atoms with Crippen LogP contribution in [0.3, 0.4) is 0 Å². The summed E-state index contributed by atoms with van der Waals surface area (Å²) >= 11 is 0. The predicted molar refractivity (Wildman–Crippen MR) is 68.6 cm³/mol. The van der Waals surface area contributed by atoms with Gasteiger partial charge in [-0.15, -0.1) is 6.58 Å². The summed E-state index contributed by atoms with van der Waals surface area (Å²) in [5.41, 5.74) is -0.294. The van der Waals surface area contributed by atoms with E-state index in [-0.39, 0.29) is 23.9 Å². The molecule has 5 nitrogen and oxygen atoms in total. The smallest absolute Gasteiger partial charge is 0.242 e. The van der Waals surface area contributed by atoms with Gasteiger partial charge < -0.3 is 16.0 Å². The van der Waals surface area contributed by atoms with E-state index in [1.165, 1.54) is 0 Å². The molecule has 1 unspecified atom stereocenters. The van der Waals surface area contributed by atoms with Crippen molar-refractivity contribution in [2.24, 2.45) is 0 Å². The molecule has 0 saturated heterocycles. The number of hydrogen-bond acceptors (Lipinski definition) is 3. The van der Waals surface area contributed by atoms with Crippen molar-refractivity contribution in [3.63, 3.8) is 0 Å². The fourth-order valence-electron chi connectivity index (χ4n) is 1.12. The Hall–Kier alpha value is -1.36. The molecule has 0 rings (SSSR count). The van der Waals surface area contributed by atoms with Crippen molar-refractivity contribution in [3.05, 3.63) is 12.7 Å². The number of amides is 2. The molecule has 0 aliphatic carbocycles. The zero-order valence-corrected chi connectivity index (χ0v) is 11.1. The third-order valence-electron chi connectivity index (χ3n) is 1.84. The molecule has 0 fully saturated rings. The van der Waals surface area contributed by atoms with Crippen LogP contribution in [0.15, 0.2) is 12.7 Å². The van der Waals surface area contributed by atoms with Crippen molar-refractivity contribution in [1.29, 1.82) is 0 Å². The van der Waals surface area contributed by atoms with Gasteiger partial charge in [-0.2, -0.15) is 0 Å². The van der Waals surface area contributed by atoms with Gasteiger partial charge in [-0.1, -0.05) is 6.08 Å². The highest BCUT2D eigenvalue weighted by Gasteiger charge is 2.20. The van der Waals surface area contributed by atoms with E-state index in [4.69, 9.17) is 0 Å². The van der Waals surface area contributed by atoms with Gasteiger partial charge >= 0.3 is 0 Å². The molecule has 1 atom stereocenters.